The van der Waals surface area contributed by atoms with Gasteiger partial charge in [-0.3, -0.25) is 0 Å². The molecule has 0 aromatic carbocycles. The van der Waals surface area contributed by atoms with E-state index in [4.69, 9.17) is 4.74 Å². The predicted octanol–water partition coefficient (Wildman–Crippen LogP) is 2.14. The van der Waals surface area contributed by atoms with Crippen molar-refractivity contribution >= 4 is 17.3 Å². The summed E-state index contributed by atoms with van der Waals surface area (Å²) in [7, 11) is 0. The maximum absolute atomic E-state index is 5.80. The normalized spacial score (nSPS) is 22.3. The molecular weight excluding hydrogens is 254 g/mol. The highest BCUT2D eigenvalue weighted by Crippen LogP contribution is 2.26. The van der Waals surface area contributed by atoms with Crippen LogP contribution in [0.2, 0.25) is 0 Å². The van der Waals surface area contributed by atoms with E-state index in [1.54, 1.807) is 6.20 Å². The molecule has 2 aromatic rings. The van der Waals surface area contributed by atoms with Crippen LogP contribution >= 0.6 is 0 Å². The zero-order valence-electron chi connectivity index (χ0n) is 12.0. The average molecular weight is 275 g/mol. The van der Waals surface area contributed by atoms with Crippen LogP contribution in [0.15, 0.2) is 18.6 Å². The predicted molar refractivity (Wildman–Crippen MR) is 79.2 cm³/mol. The monoisotopic (exact) mass is 275 g/mol. The highest BCUT2D eigenvalue weighted by Gasteiger charge is 2.29. The molecule has 2 N–H and O–H groups in total. The van der Waals surface area contributed by atoms with Gasteiger partial charge in [0.25, 0.3) is 0 Å². The molecule has 6 nitrogen and oxygen atoms in total. The molecule has 0 aliphatic carbocycles. The van der Waals surface area contributed by atoms with Crippen molar-refractivity contribution in [1.82, 2.24) is 14.4 Å². The van der Waals surface area contributed by atoms with E-state index in [1.807, 2.05) is 16.8 Å². The number of ether oxygens (including phenoxy) is 1. The summed E-state index contributed by atoms with van der Waals surface area (Å²) >= 11 is 0. The number of nitrogens with zero attached hydrogens (tertiary/aromatic N) is 3. The minimum atomic E-state index is -0.0978. The van der Waals surface area contributed by atoms with Crippen LogP contribution < -0.4 is 10.6 Å². The number of fused-ring (bicyclic) bond motifs is 1. The molecule has 1 fully saturated rings. The summed E-state index contributed by atoms with van der Waals surface area (Å²) in [6, 6.07) is 0. The van der Waals surface area contributed by atoms with E-state index >= 15 is 0 Å². The number of nitrogens with one attached hydrogen (secondary N) is 2. The van der Waals surface area contributed by atoms with Gasteiger partial charge in [0.15, 0.2) is 11.5 Å². The third-order valence-corrected chi connectivity index (χ3v) is 3.66. The van der Waals surface area contributed by atoms with Gasteiger partial charge in [-0.1, -0.05) is 0 Å². The summed E-state index contributed by atoms with van der Waals surface area (Å²) < 4.78 is 7.78. The van der Waals surface area contributed by atoms with Gasteiger partial charge in [0, 0.05) is 32.1 Å². The van der Waals surface area contributed by atoms with Crippen LogP contribution in [0.25, 0.3) is 5.65 Å². The molecule has 0 bridgehead atoms. The summed E-state index contributed by atoms with van der Waals surface area (Å²) in [5, 5.41) is 6.63. The van der Waals surface area contributed by atoms with Crippen molar-refractivity contribution in [2.75, 3.05) is 30.3 Å². The minimum absolute atomic E-state index is 0.0978. The van der Waals surface area contributed by atoms with E-state index in [-0.39, 0.29) is 5.60 Å². The lowest BCUT2D eigenvalue weighted by Gasteiger charge is -2.23. The first-order valence-corrected chi connectivity index (χ1v) is 7.16. The van der Waals surface area contributed by atoms with Crippen LogP contribution in [-0.2, 0) is 4.74 Å². The minimum Gasteiger partial charge on any atom is -0.373 e. The standard InChI is InChI=1S/C14H21N5O/c1-3-15-11-9-19-7-6-16-13(19)12(18-11)17-10-14(2)5-4-8-20-14/h6-7,9,15H,3-5,8,10H2,1-2H3,(H,17,18). The molecule has 0 radical (unpaired) electrons. The highest BCUT2D eigenvalue weighted by molar-refractivity contribution is 5.65. The topological polar surface area (TPSA) is 63.5 Å². The van der Waals surface area contributed by atoms with Crippen molar-refractivity contribution in [3.8, 4) is 0 Å². The highest BCUT2D eigenvalue weighted by atomic mass is 16.5. The third-order valence-electron chi connectivity index (χ3n) is 3.66. The van der Waals surface area contributed by atoms with Crippen molar-refractivity contribution in [3.05, 3.63) is 18.6 Å². The third kappa shape index (κ3) is 2.56. The second-order valence-electron chi connectivity index (χ2n) is 5.42. The van der Waals surface area contributed by atoms with E-state index in [1.165, 1.54) is 0 Å². The molecule has 0 saturated carbocycles. The van der Waals surface area contributed by atoms with Gasteiger partial charge in [-0.05, 0) is 26.7 Å². The Kier molecular flexibility index (Phi) is 3.48. The van der Waals surface area contributed by atoms with Crippen molar-refractivity contribution in [1.29, 1.82) is 0 Å². The van der Waals surface area contributed by atoms with Crippen molar-refractivity contribution in [3.63, 3.8) is 0 Å². The Labute approximate surface area is 118 Å². The fraction of sp³-hybridized carbons (Fsp3) is 0.571. The Morgan fingerprint density at radius 1 is 1.45 bits per heavy atom. The molecule has 3 heterocycles. The molecule has 0 amide bonds. The first kappa shape index (κ1) is 13.2. The molecule has 1 saturated heterocycles. The number of hydrogen-bond donors (Lipinski definition) is 2. The van der Waals surface area contributed by atoms with Crippen molar-refractivity contribution < 1.29 is 4.74 Å². The van der Waals surface area contributed by atoms with E-state index in [9.17, 15) is 0 Å². The van der Waals surface area contributed by atoms with E-state index < -0.39 is 0 Å². The molecule has 108 valence electrons. The van der Waals surface area contributed by atoms with Crippen LogP contribution in [0.1, 0.15) is 26.7 Å². The van der Waals surface area contributed by atoms with Crippen LogP contribution in [0.5, 0.6) is 0 Å². The Hall–Kier alpha value is -1.82. The molecule has 20 heavy (non-hydrogen) atoms. The number of imidazole rings is 1. The molecule has 1 aliphatic rings. The Balaban J connectivity index is 1.83. The van der Waals surface area contributed by atoms with Crippen LogP contribution in [0.4, 0.5) is 11.6 Å². The second-order valence-corrected chi connectivity index (χ2v) is 5.42. The largest absolute Gasteiger partial charge is 0.373 e. The van der Waals surface area contributed by atoms with Gasteiger partial charge in [-0.25, -0.2) is 9.97 Å². The average Bonchev–Trinajstić information content (AvgIpc) is 3.06. The zero-order valence-corrected chi connectivity index (χ0v) is 12.0. The molecule has 1 aliphatic heterocycles. The van der Waals surface area contributed by atoms with E-state index in [2.05, 4.69) is 34.4 Å². The summed E-state index contributed by atoms with van der Waals surface area (Å²) in [6.45, 7) is 6.64. The molecule has 1 unspecified atom stereocenters. The van der Waals surface area contributed by atoms with Gasteiger partial charge in [0.2, 0.25) is 0 Å². The quantitative estimate of drug-likeness (QED) is 0.875. The lowest BCUT2D eigenvalue weighted by molar-refractivity contribution is 0.0315. The van der Waals surface area contributed by atoms with Crippen molar-refractivity contribution in [2.45, 2.75) is 32.3 Å². The van der Waals surface area contributed by atoms with Gasteiger partial charge in [-0.2, -0.15) is 0 Å². The molecule has 6 heteroatoms. The lowest BCUT2D eigenvalue weighted by atomic mass is 10.0. The van der Waals surface area contributed by atoms with Gasteiger partial charge in [-0.15, -0.1) is 0 Å². The number of anilines is 2. The molecule has 3 rings (SSSR count). The number of hydrogen-bond acceptors (Lipinski definition) is 5. The Morgan fingerprint density at radius 3 is 3.10 bits per heavy atom. The first-order valence-electron chi connectivity index (χ1n) is 7.16. The van der Waals surface area contributed by atoms with Crippen molar-refractivity contribution in [2.24, 2.45) is 0 Å². The molecule has 2 aromatic heterocycles. The maximum Gasteiger partial charge on any atom is 0.180 e. The van der Waals surface area contributed by atoms with E-state index in [0.717, 1.165) is 49.8 Å². The number of rotatable bonds is 5. The van der Waals surface area contributed by atoms with Crippen LogP contribution in [-0.4, -0.2) is 39.7 Å². The summed E-state index contributed by atoms with van der Waals surface area (Å²) in [5.74, 6) is 1.64. The summed E-state index contributed by atoms with van der Waals surface area (Å²) in [4.78, 5) is 8.95. The second kappa shape index (κ2) is 5.28. The summed E-state index contributed by atoms with van der Waals surface area (Å²) in [5.41, 5.74) is 0.743. The molecular formula is C14H21N5O. The fourth-order valence-electron chi connectivity index (χ4n) is 2.56. The number of aromatic nitrogens is 3. The first-order chi connectivity index (χ1) is 9.70. The smallest absolute Gasteiger partial charge is 0.180 e. The zero-order chi connectivity index (χ0) is 14.0. The maximum atomic E-state index is 5.80. The Morgan fingerprint density at radius 2 is 2.35 bits per heavy atom. The molecule has 0 spiro atoms. The van der Waals surface area contributed by atoms with Gasteiger partial charge in [0.1, 0.15) is 5.82 Å². The SMILES string of the molecule is CCNc1cn2ccnc2c(NCC2(C)CCCO2)n1. The van der Waals surface area contributed by atoms with Crippen LogP contribution in [0, 0.1) is 0 Å². The summed E-state index contributed by atoms with van der Waals surface area (Å²) in [6.07, 6.45) is 7.87. The Bertz CT molecular complexity index is 588. The fourth-order valence-corrected chi connectivity index (χ4v) is 2.56. The van der Waals surface area contributed by atoms with Crippen LogP contribution in [0.3, 0.4) is 0 Å². The van der Waals surface area contributed by atoms with Gasteiger partial charge >= 0.3 is 0 Å². The molecule has 1 atom stereocenters. The lowest BCUT2D eigenvalue weighted by Crippen LogP contribution is -2.33. The van der Waals surface area contributed by atoms with E-state index in [0.29, 0.717) is 0 Å². The van der Waals surface area contributed by atoms with Gasteiger partial charge < -0.3 is 19.8 Å². The van der Waals surface area contributed by atoms with Gasteiger partial charge in [0.05, 0.1) is 11.8 Å².